The van der Waals surface area contributed by atoms with Gasteiger partial charge in [-0.2, -0.15) is 0 Å². The van der Waals surface area contributed by atoms with E-state index < -0.39 is 48.6 Å². The molecule has 0 aliphatic carbocycles. The minimum Gasteiger partial charge on any atom is -0.480 e. The van der Waals surface area contributed by atoms with E-state index >= 15 is 0 Å². The Labute approximate surface area is 256 Å². The molecule has 13 nitrogen and oxygen atoms in total. The molecule has 0 aromatic carbocycles. The molecule has 1 rings (SSSR count). The zero-order chi connectivity index (χ0) is 32.9. The van der Waals surface area contributed by atoms with Crippen LogP contribution in [0.25, 0.3) is 0 Å². The van der Waals surface area contributed by atoms with Crippen molar-refractivity contribution in [1.82, 2.24) is 25.8 Å². The van der Waals surface area contributed by atoms with E-state index in [1.807, 2.05) is 34.6 Å². The molecule has 1 aliphatic rings. The topological polar surface area (TPSA) is 167 Å². The van der Waals surface area contributed by atoms with Gasteiger partial charge in [0.2, 0.25) is 17.7 Å². The van der Waals surface area contributed by atoms with Gasteiger partial charge in [0.15, 0.2) is 0 Å². The summed E-state index contributed by atoms with van der Waals surface area (Å²) in [4.78, 5) is 66.1. The molecule has 0 bridgehead atoms. The predicted octanol–water partition coefficient (Wildman–Crippen LogP) is 1.84. The highest BCUT2D eigenvalue weighted by molar-refractivity contribution is 5.85. The average molecular weight is 614 g/mol. The zero-order valence-electron chi connectivity index (χ0n) is 27.5. The third-order valence-corrected chi connectivity index (χ3v) is 8.68. The first-order chi connectivity index (χ1) is 20.2. The van der Waals surface area contributed by atoms with Crippen molar-refractivity contribution in [1.29, 1.82) is 0 Å². The molecule has 0 aromatic heterocycles. The molecule has 43 heavy (non-hydrogen) atoms. The third-order valence-electron chi connectivity index (χ3n) is 8.68. The number of hydrogen-bond donors (Lipinski definition) is 4. The molecular formula is C30H55N5O8. The van der Waals surface area contributed by atoms with Crippen LogP contribution in [-0.2, 0) is 28.7 Å². The van der Waals surface area contributed by atoms with E-state index in [2.05, 4.69) is 16.0 Å². The van der Waals surface area contributed by atoms with Crippen LogP contribution in [0.1, 0.15) is 73.6 Å². The number of aliphatic carboxylic acids is 1. The molecular weight excluding hydrogens is 558 g/mol. The van der Waals surface area contributed by atoms with E-state index in [0.29, 0.717) is 13.0 Å². The van der Waals surface area contributed by atoms with Crippen LogP contribution in [0, 0.1) is 17.8 Å². The van der Waals surface area contributed by atoms with E-state index in [4.69, 9.17) is 14.6 Å². The molecule has 1 heterocycles. The monoisotopic (exact) mass is 613 g/mol. The fraction of sp³-hybridized carbons (Fsp3) is 0.833. The lowest BCUT2D eigenvalue weighted by atomic mass is 9.90. The molecule has 0 saturated carbocycles. The minimum atomic E-state index is -1.15. The number of nitrogens with zero attached hydrogens (tertiary/aromatic N) is 2. The van der Waals surface area contributed by atoms with Gasteiger partial charge < -0.3 is 40.3 Å². The van der Waals surface area contributed by atoms with Crippen LogP contribution >= 0.6 is 0 Å². The molecule has 4 N–H and O–H groups in total. The van der Waals surface area contributed by atoms with Gasteiger partial charge in [0.05, 0.1) is 43.2 Å². The van der Waals surface area contributed by atoms with Gasteiger partial charge in [-0.1, -0.05) is 48.0 Å². The Morgan fingerprint density at radius 2 is 1.63 bits per heavy atom. The van der Waals surface area contributed by atoms with Crippen LogP contribution in [-0.4, -0.2) is 116 Å². The van der Waals surface area contributed by atoms with Crippen molar-refractivity contribution in [3.8, 4) is 0 Å². The Balaban J connectivity index is 3.01. The molecule has 13 heteroatoms. The van der Waals surface area contributed by atoms with Crippen LogP contribution in [0.5, 0.6) is 0 Å². The molecule has 248 valence electrons. The van der Waals surface area contributed by atoms with Gasteiger partial charge in [0, 0.05) is 33.9 Å². The molecule has 1 fully saturated rings. The number of carbonyl (C=O) groups excluding carboxylic acids is 4. The van der Waals surface area contributed by atoms with Crippen LogP contribution in [0.2, 0.25) is 0 Å². The molecule has 7 atom stereocenters. The fourth-order valence-electron chi connectivity index (χ4n) is 5.89. The maximum Gasteiger partial charge on any atom is 0.322 e. The highest BCUT2D eigenvalue weighted by Crippen LogP contribution is 2.29. The Morgan fingerprint density at radius 3 is 2.14 bits per heavy atom. The van der Waals surface area contributed by atoms with Gasteiger partial charge >= 0.3 is 12.0 Å². The maximum absolute atomic E-state index is 13.7. The molecule has 0 aromatic rings. The number of carboxylic acid groups (broad SMARTS) is 1. The quantitative estimate of drug-likeness (QED) is 0.182. The number of carboxylic acids is 1. The van der Waals surface area contributed by atoms with Gasteiger partial charge in [-0.05, 0) is 31.1 Å². The minimum absolute atomic E-state index is 0.00110. The van der Waals surface area contributed by atoms with Gasteiger partial charge in [0.1, 0.15) is 6.54 Å². The third kappa shape index (κ3) is 11.3. The van der Waals surface area contributed by atoms with Gasteiger partial charge in [-0.15, -0.1) is 0 Å². The van der Waals surface area contributed by atoms with Gasteiger partial charge in [-0.3, -0.25) is 19.2 Å². The molecule has 0 radical (unpaired) electrons. The Hall–Kier alpha value is -2.93. The van der Waals surface area contributed by atoms with Crippen LogP contribution in [0.3, 0.4) is 0 Å². The molecule has 1 saturated heterocycles. The largest absolute Gasteiger partial charge is 0.480 e. The number of likely N-dealkylation sites (tertiary alicyclic amines) is 1. The van der Waals surface area contributed by atoms with Crippen LogP contribution in [0.4, 0.5) is 4.79 Å². The second-order valence-corrected chi connectivity index (χ2v) is 11.8. The zero-order valence-corrected chi connectivity index (χ0v) is 27.5. The summed E-state index contributed by atoms with van der Waals surface area (Å²) >= 11 is 0. The Morgan fingerprint density at radius 1 is 0.977 bits per heavy atom. The van der Waals surface area contributed by atoms with Crippen molar-refractivity contribution in [2.24, 2.45) is 17.8 Å². The van der Waals surface area contributed by atoms with Crippen LogP contribution in [0.15, 0.2) is 0 Å². The Bertz CT molecular complexity index is 932. The number of rotatable bonds is 18. The summed E-state index contributed by atoms with van der Waals surface area (Å²) in [6.45, 7) is 11.5. The SMILES string of the molecule is CCC(C)C(C(CC(=O)N1CCCC1C(OC)C(C)C(=O)NCC(=O)O)OC)N(C)C(=O)CNC(=O)NC(CC)C(C)C. The molecule has 0 spiro atoms. The summed E-state index contributed by atoms with van der Waals surface area (Å²) in [7, 11) is 4.65. The van der Waals surface area contributed by atoms with Crippen molar-refractivity contribution in [2.75, 3.05) is 40.9 Å². The lowest BCUT2D eigenvalue weighted by Crippen LogP contribution is -2.55. The van der Waals surface area contributed by atoms with E-state index in [1.165, 1.54) is 14.2 Å². The van der Waals surface area contributed by atoms with E-state index in [0.717, 1.165) is 19.3 Å². The van der Waals surface area contributed by atoms with E-state index in [1.54, 1.807) is 23.8 Å². The normalized spacial score (nSPS) is 19.1. The van der Waals surface area contributed by atoms with Crippen molar-refractivity contribution >= 4 is 29.7 Å². The number of hydrogen-bond acceptors (Lipinski definition) is 7. The smallest absolute Gasteiger partial charge is 0.322 e. The highest BCUT2D eigenvalue weighted by atomic mass is 16.5. The predicted molar refractivity (Wildman–Crippen MR) is 162 cm³/mol. The van der Waals surface area contributed by atoms with Crippen molar-refractivity contribution in [2.45, 2.75) is 104 Å². The molecule has 7 unspecified atom stereocenters. The van der Waals surface area contributed by atoms with Crippen LogP contribution < -0.4 is 16.0 Å². The highest BCUT2D eigenvalue weighted by Gasteiger charge is 2.42. The van der Waals surface area contributed by atoms with E-state index in [9.17, 15) is 24.0 Å². The van der Waals surface area contributed by atoms with Gasteiger partial charge in [-0.25, -0.2) is 4.79 Å². The summed E-state index contributed by atoms with van der Waals surface area (Å²) in [6, 6.07) is -1.21. The number of nitrogens with one attached hydrogen (secondary N) is 3. The van der Waals surface area contributed by atoms with Crippen molar-refractivity contribution < 1.29 is 38.6 Å². The summed E-state index contributed by atoms with van der Waals surface area (Å²) in [5.74, 6) is -2.52. The van der Waals surface area contributed by atoms with Gasteiger partial charge in [0.25, 0.3) is 0 Å². The number of methoxy groups -OCH3 is 2. The number of carbonyl (C=O) groups is 5. The number of amides is 5. The van der Waals surface area contributed by atoms with Crippen molar-refractivity contribution in [3.05, 3.63) is 0 Å². The average Bonchev–Trinajstić information content (AvgIpc) is 3.46. The second kappa shape index (κ2) is 18.7. The summed E-state index contributed by atoms with van der Waals surface area (Å²) in [6.07, 6.45) is 1.64. The first kappa shape index (κ1) is 38.1. The maximum atomic E-state index is 13.7. The summed E-state index contributed by atoms with van der Waals surface area (Å²) < 4.78 is 11.5. The lowest BCUT2D eigenvalue weighted by molar-refractivity contribution is -0.146. The summed E-state index contributed by atoms with van der Waals surface area (Å²) in [5, 5.41) is 16.9. The fourth-order valence-corrected chi connectivity index (χ4v) is 5.89. The Kier molecular flexibility index (Phi) is 16.5. The standard InChI is InChI=1S/C30H55N5O8/c1-10-19(5)27(34(7)25(37)16-32-30(41)33-21(11-2)18(3)4)23(42-8)15-24(36)35-14-12-13-22(35)28(43-9)20(6)29(40)31-17-26(38)39/h18-23,27-28H,10-17H2,1-9H3,(H,31,40)(H,38,39)(H2,32,33,41). The second-order valence-electron chi connectivity index (χ2n) is 11.8. The molecule has 5 amide bonds. The number of urea groups is 1. The first-order valence-corrected chi connectivity index (χ1v) is 15.4. The summed E-state index contributed by atoms with van der Waals surface area (Å²) in [5.41, 5.74) is 0. The van der Waals surface area contributed by atoms with Crippen molar-refractivity contribution in [3.63, 3.8) is 0 Å². The first-order valence-electron chi connectivity index (χ1n) is 15.4. The number of likely N-dealkylation sites (N-methyl/N-ethyl adjacent to an activating group) is 1. The number of ether oxygens (including phenoxy) is 2. The molecule has 1 aliphatic heterocycles. The van der Waals surface area contributed by atoms with E-state index in [-0.39, 0.29) is 48.7 Å². The lowest BCUT2D eigenvalue weighted by Gasteiger charge is -2.39.